The number of urea groups is 1. The number of carbonyl (C=O) groups excluding carboxylic acids is 2. The highest BCUT2D eigenvalue weighted by atomic mass is 19.1. The van der Waals surface area contributed by atoms with Gasteiger partial charge in [0, 0.05) is 59.5 Å². The highest BCUT2D eigenvalue weighted by molar-refractivity contribution is 5.78. The molecule has 0 bridgehead atoms. The number of halogens is 1. The van der Waals surface area contributed by atoms with Gasteiger partial charge in [-0.3, -0.25) is 9.69 Å². The normalized spacial score (nSPS) is 25.2. The molecule has 1 aromatic carbocycles. The van der Waals surface area contributed by atoms with E-state index in [0.717, 1.165) is 71.7 Å². The summed E-state index contributed by atoms with van der Waals surface area (Å²) in [5.74, 6) is 0.560. The lowest BCUT2D eigenvalue weighted by molar-refractivity contribution is -0.137. The van der Waals surface area contributed by atoms with E-state index in [1.807, 2.05) is 17.0 Å². The van der Waals surface area contributed by atoms with E-state index in [-0.39, 0.29) is 36.3 Å². The van der Waals surface area contributed by atoms with Crippen molar-refractivity contribution in [2.45, 2.75) is 31.7 Å². The number of carbonyl (C=O) groups is 2. The minimum absolute atomic E-state index is 0.0391. The number of nitrogens with zero attached hydrogens (tertiary/aromatic N) is 3. The summed E-state index contributed by atoms with van der Waals surface area (Å²) in [6.45, 7) is 8.80. The third kappa shape index (κ3) is 8.90. The van der Waals surface area contributed by atoms with Gasteiger partial charge in [0.15, 0.2) is 0 Å². The van der Waals surface area contributed by atoms with Gasteiger partial charge < -0.3 is 29.9 Å². The molecule has 3 aliphatic rings. The third-order valence-electron chi connectivity index (χ3n) is 8.04. The van der Waals surface area contributed by atoms with E-state index in [1.165, 1.54) is 31.2 Å². The maximum Gasteiger partial charge on any atom is 0.315 e. The predicted molar refractivity (Wildman–Crippen MR) is 143 cm³/mol. The van der Waals surface area contributed by atoms with Crippen LogP contribution in [0, 0.1) is 17.7 Å². The molecule has 0 saturated carbocycles. The Morgan fingerprint density at radius 2 is 1.84 bits per heavy atom. The quantitative estimate of drug-likeness (QED) is 0.475. The van der Waals surface area contributed by atoms with Crippen LogP contribution in [0.2, 0.25) is 0 Å². The number of nitrogens with one attached hydrogen (secondary N) is 2. The summed E-state index contributed by atoms with van der Waals surface area (Å²) in [6.07, 6.45) is 4.10. The van der Waals surface area contributed by atoms with Crippen LogP contribution in [0.25, 0.3) is 0 Å². The third-order valence-corrected chi connectivity index (χ3v) is 8.04. The molecule has 3 amide bonds. The first-order chi connectivity index (χ1) is 18.5. The molecular weight excluding hydrogens is 489 g/mol. The van der Waals surface area contributed by atoms with Crippen molar-refractivity contribution in [2.24, 2.45) is 11.8 Å². The molecule has 3 saturated heterocycles. The number of ether oxygens (including phenoxy) is 2. The highest BCUT2D eigenvalue weighted by Crippen LogP contribution is 2.25. The Hall–Kier alpha value is -2.27. The van der Waals surface area contributed by atoms with Crippen LogP contribution in [0.1, 0.15) is 24.8 Å². The summed E-state index contributed by atoms with van der Waals surface area (Å²) in [5, 5.41) is 6.20. The maximum absolute atomic E-state index is 13.3. The summed E-state index contributed by atoms with van der Waals surface area (Å²) >= 11 is 0. The molecule has 9 nitrogen and oxygen atoms in total. The molecule has 0 aliphatic carbocycles. The van der Waals surface area contributed by atoms with Gasteiger partial charge in [0.1, 0.15) is 12.4 Å². The van der Waals surface area contributed by atoms with Crippen molar-refractivity contribution in [3.63, 3.8) is 0 Å². The Balaban J connectivity index is 1.30. The van der Waals surface area contributed by atoms with Crippen LogP contribution in [0.5, 0.6) is 0 Å². The Morgan fingerprint density at radius 3 is 2.61 bits per heavy atom. The number of hydrogen-bond acceptors (Lipinski definition) is 6. The summed E-state index contributed by atoms with van der Waals surface area (Å²) in [5.41, 5.74) is 1.18. The zero-order chi connectivity index (χ0) is 26.7. The van der Waals surface area contributed by atoms with E-state index < -0.39 is 0 Å². The first-order valence-corrected chi connectivity index (χ1v) is 14.1. The van der Waals surface area contributed by atoms with E-state index >= 15 is 0 Å². The number of benzene rings is 1. The summed E-state index contributed by atoms with van der Waals surface area (Å²) in [6, 6.07) is 6.55. The number of methoxy groups -OCH3 is 1. The van der Waals surface area contributed by atoms with Crippen LogP contribution in [-0.4, -0.2) is 119 Å². The Morgan fingerprint density at radius 1 is 1.05 bits per heavy atom. The van der Waals surface area contributed by atoms with Gasteiger partial charge in [-0.05, 0) is 61.8 Å². The lowest BCUT2D eigenvalue weighted by Gasteiger charge is -2.42. The summed E-state index contributed by atoms with van der Waals surface area (Å²) in [7, 11) is 1.53. The topological polar surface area (TPSA) is 86.4 Å². The van der Waals surface area contributed by atoms with Gasteiger partial charge in [-0.25, -0.2) is 9.18 Å². The number of piperidine rings is 2. The number of rotatable bonds is 10. The molecular formula is C28H44FN5O4. The van der Waals surface area contributed by atoms with Crippen molar-refractivity contribution >= 4 is 11.9 Å². The van der Waals surface area contributed by atoms with Gasteiger partial charge in [-0.1, -0.05) is 12.1 Å². The van der Waals surface area contributed by atoms with Crippen LogP contribution in [-0.2, 0) is 20.7 Å². The lowest BCUT2D eigenvalue weighted by Crippen LogP contribution is -2.59. The highest BCUT2D eigenvalue weighted by Gasteiger charge is 2.34. The van der Waals surface area contributed by atoms with Crippen LogP contribution in [0.3, 0.4) is 0 Å². The molecule has 212 valence electrons. The molecule has 10 heteroatoms. The molecule has 0 radical (unpaired) electrons. The molecule has 1 unspecified atom stereocenters. The fourth-order valence-electron chi connectivity index (χ4n) is 5.96. The molecule has 2 N–H and O–H groups in total. The summed E-state index contributed by atoms with van der Waals surface area (Å²) in [4.78, 5) is 32.0. The van der Waals surface area contributed by atoms with Crippen LogP contribution < -0.4 is 10.6 Å². The van der Waals surface area contributed by atoms with Crippen molar-refractivity contribution in [2.75, 3.05) is 85.8 Å². The van der Waals surface area contributed by atoms with E-state index in [2.05, 4.69) is 20.4 Å². The van der Waals surface area contributed by atoms with Crippen molar-refractivity contribution < 1.29 is 23.5 Å². The van der Waals surface area contributed by atoms with Gasteiger partial charge in [-0.2, -0.15) is 0 Å². The molecule has 3 atom stereocenters. The molecule has 4 rings (SSSR count). The van der Waals surface area contributed by atoms with Crippen molar-refractivity contribution in [1.29, 1.82) is 0 Å². The number of amides is 3. The van der Waals surface area contributed by atoms with Crippen molar-refractivity contribution in [3.8, 4) is 0 Å². The SMILES string of the molecule is COCC(=O)N1CC[C@@H](CN2CCCC(Cc3ccc(F)cc3)C2)[C@@H](NC(=O)NCCN2CCOCC2)C1. The number of likely N-dealkylation sites (tertiary alicyclic amines) is 2. The van der Waals surface area contributed by atoms with Gasteiger partial charge in [0.25, 0.3) is 0 Å². The summed E-state index contributed by atoms with van der Waals surface area (Å²) < 4.78 is 23.8. The Labute approximate surface area is 226 Å². The van der Waals surface area contributed by atoms with Crippen LogP contribution in [0.4, 0.5) is 9.18 Å². The minimum Gasteiger partial charge on any atom is -0.379 e. The molecule has 3 aliphatic heterocycles. The molecule has 0 spiro atoms. The molecule has 0 aromatic heterocycles. The fourth-order valence-corrected chi connectivity index (χ4v) is 5.96. The first kappa shape index (κ1) is 28.7. The Bertz CT molecular complexity index is 882. The van der Waals surface area contributed by atoms with E-state index in [0.29, 0.717) is 25.6 Å². The van der Waals surface area contributed by atoms with Crippen molar-refractivity contribution in [1.82, 2.24) is 25.3 Å². The van der Waals surface area contributed by atoms with Gasteiger partial charge >= 0.3 is 6.03 Å². The van der Waals surface area contributed by atoms with Gasteiger partial charge in [0.2, 0.25) is 5.91 Å². The zero-order valence-corrected chi connectivity index (χ0v) is 22.7. The predicted octanol–water partition coefficient (Wildman–Crippen LogP) is 1.58. The molecule has 38 heavy (non-hydrogen) atoms. The first-order valence-electron chi connectivity index (χ1n) is 14.1. The molecule has 1 aromatic rings. The minimum atomic E-state index is -0.196. The largest absolute Gasteiger partial charge is 0.379 e. The average Bonchev–Trinajstić information content (AvgIpc) is 2.92. The smallest absolute Gasteiger partial charge is 0.315 e. The van der Waals surface area contributed by atoms with Gasteiger partial charge in [-0.15, -0.1) is 0 Å². The monoisotopic (exact) mass is 533 g/mol. The van der Waals surface area contributed by atoms with E-state index in [9.17, 15) is 14.0 Å². The standard InChI is InChI=1S/C28H44FN5O4/c1-37-21-27(35)34-11-8-24(26(20-34)31-28(36)30-9-12-32-13-15-38-16-14-32)19-33-10-2-3-23(18-33)17-22-4-6-25(29)7-5-22/h4-7,23-24,26H,2-3,8-21H2,1H3,(H2,30,31,36)/t23?,24-,26-/m0/s1. The maximum atomic E-state index is 13.3. The average molecular weight is 534 g/mol. The lowest BCUT2D eigenvalue weighted by atomic mass is 9.87. The second kappa shape index (κ2) is 14.8. The zero-order valence-electron chi connectivity index (χ0n) is 22.7. The van der Waals surface area contributed by atoms with E-state index in [4.69, 9.17) is 9.47 Å². The van der Waals surface area contributed by atoms with Crippen molar-refractivity contribution in [3.05, 3.63) is 35.6 Å². The molecule has 3 fully saturated rings. The van der Waals surface area contributed by atoms with Crippen LogP contribution >= 0.6 is 0 Å². The molecule has 3 heterocycles. The second-order valence-corrected chi connectivity index (χ2v) is 10.9. The van der Waals surface area contributed by atoms with E-state index in [1.54, 1.807) is 0 Å². The number of hydrogen-bond donors (Lipinski definition) is 2. The van der Waals surface area contributed by atoms with Crippen LogP contribution in [0.15, 0.2) is 24.3 Å². The number of morpholine rings is 1. The Kier molecular flexibility index (Phi) is 11.2. The second-order valence-electron chi connectivity index (χ2n) is 10.9. The van der Waals surface area contributed by atoms with Gasteiger partial charge in [0.05, 0.1) is 19.3 Å². The fraction of sp³-hybridized carbons (Fsp3) is 0.714.